The summed E-state index contributed by atoms with van der Waals surface area (Å²) >= 11 is 0. The minimum atomic E-state index is -0.292. The van der Waals surface area contributed by atoms with Crippen molar-refractivity contribution in [2.75, 3.05) is 38.2 Å². The van der Waals surface area contributed by atoms with Gasteiger partial charge in [0, 0.05) is 19.1 Å². The molecule has 0 radical (unpaired) electrons. The lowest BCUT2D eigenvalue weighted by Crippen LogP contribution is -2.49. The number of ether oxygens (including phenoxy) is 2. The van der Waals surface area contributed by atoms with Crippen LogP contribution in [0.2, 0.25) is 0 Å². The van der Waals surface area contributed by atoms with Crippen molar-refractivity contribution < 1.29 is 19.1 Å². The fraction of sp³-hybridized carbons (Fsp3) is 0.529. The summed E-state index contributed by atoms with van der Waals surface area (Å²) in [6.07, 6.45) is 0. The molecule has 2 atom stereocenters. The molecule has 2 heterocycles. The van der Waals surface area contributed by atoms with Crippen molar-refractivity contribution in [2.45, 2.75) is 25.9 Å². The van der Waals surface area contributed by atoms with E-state index in [2.05, 4.69) is 10.6 Å². The smallest absolute Gasteiger partial charge is 0.262 e. The molecule has 1 aromatic rings. The maximum absolute atomic E-state index is 12.5. The molecule has 24 heavy (non-hydrogen) atoms. The van der Waals surface area contributed by atoms with Gasteiger partial charge in [-0.3, -0.25) is 14.9 Å². The van der Waals surface area contributed by atoms with E-state index in [4.69, 9.17) is 9.47 Å². The largest absolute Gasteiger partial charge is 0.482 e. The summed E-state index contributed by atoms with van der Waals surface area (Å²) in [7, 11) is 0. The number of anilines is 1. The fourth-order valence-electron chi connectivity index (χ4n) is 2.97. The van der Waals surface area contributed by atoms with Crippen molar-refractivity contribution in [3.05, 3.63) is 23.8 Å². The first kappa shape index (κ1) is 16.7. The highest BCUT2D eigenvalue weighted by atomic mass is 16.5. The van der Waals surface area contributed by atoms with Crippen molar-refractivity contribution in [2.24, 2.45) is 0 Å². The molecule has 2 amide bonds. The average Bonchev–Trinajstić information content (AvgIpc) is 2.61. The summed E-state index contributed by atoms with van der Waals surface area (Å²) in [6.45, 7) is 6.39. The third-order valence-electron chi connectivity index (χ3n) is 4.33. The molecule has 0 unspecified atom stereocenters. The van der Waals surface area contributed by atoms with Crippen LogP contribution < -0.4 is 15.4 Å². The molecule has 7 nitrogen and oxygen atoms in total. The molecule has 1 aromatic carbocycles. The van der Waals surface area contributed by atoms with Gasteiger partial charge in [0.25, 0.3) is 5.91 Å². The predicted octanol–water partition coefficient (Wildman–Crippen LogP) is 0.915. The summed E-state index contributed by atoms with van der Waals surface area (Å²) in [5, 5.41) is 6.13. The van der Waals surface area contributed by atoms with Gasteiger partial charge < -0.3 is 19.7 Å². The van der Waals surface area contributed by atoms with E-state index in [1.807, 2.05) is 36.9 Å². The molecule has 0 aromatic heterocycles. The number of carbonyl (C=O) groups is 2. The number of hydrogen-bond acceptors (Lipinski definition) is 5. The van der Waals surface area contributed by atoms with Gasteiger partial charge in [0.15, 0.2) is 6.61 Å². The molecule has 2 aliphatic heterocycles. The zero-order valence-corrected chi connectivity index (χ0v) is 14.0. The topological polar surface area (TPSA) is 79.9 Å². The second-order valence-corrected chi connectivity index (χ2v) is 6.14. The first-order valence-corrected chi connectivity index (χ1v) is 8.24. The Morgan fingerprint density at radius 3 is 2.79 bits per heavy atom. The zero-order chi connectivity index (χ0) is 17.1. The first-order valence-electron chi connectivity index (χ1n) is 8.24. The zero-order valence-electron chi connectivity index (χ0n) is 14.0. The lowest BCUT2D eigenvalue weighted by Gasteiger charge is -2.30. The van der Waals surface area contributed by atoms with Gasteiger partial charge in [-0.2, -0.15) is 0 Å². The Morgan fingerprint density at radius 1 is 1.29 bits per heavy atom. The molecular formula is C17H23N3O4. The standard InChI is InChI=1S/C17H23N3O4/c1-11(18-12(2)17(22)20-5-7-23-8-6-20)13-3-4-15-14(9-13)19-16(21)10-24-15/h3-4,9,11-12,18H,5-8,10H2,1-2H3,(H,19,21)/t11-,12-/m0/s1. The summed E-state index contributed by atoms with van der Waals surface area (Å²) in [6, 6.07) is 5.35. The van der Waals surface area contributed by atoms with E-state index < -0.39 is 0 Å². The van der Waals surface area contributed by atoms with Crippen LogP contribution in [0, 0.1) is 0 Å². The fourth-order valence-corrected chi connectivity index (χ4v) is 2.97. The maximum atomic E-state index is 12.5. The van der Waals surface area contributed by atoms with Crippen LogP contribution in [0.4, 0.5) is 5.69 Å². The van der Waals surface area contributed by atoms with Gasteiger partial charge in [-0.1, -0.05) is 6.07 Å². The normalized spacial score (nSPS) is 19.8. The minimum absolute atomic E-state index is 0.0332. The van der Waals surface area contributed by atoms with E-state index in [0.717, 1.165) is 5.56 Å². The monoisotopic (exact) mass is 333 g/mol. The minimum Gasteiger partial charge on any atom is -0.482 e. The van der Waals surface area contributed by atoms with E-state index in [-0.39, 0.29) is 30.5 Å². The molecule has 0 aliphatic carbocycles. The average molecular weight is 333 g/mol. The molecule has 2 N–H and O–H groups in total. The lowest BCUT2D eigenvalue weighted by atomic mass is 10.1. The number of rotatable bonds is 4. The number of hydrogen-bond donors (Lipinski definition) is 2. The summed E-state index contributed by atoms with van der Waals surface area (Å²) in [5.74, 6) is 0.596. The quantitative estimate of drug-likeness (QED) is 0.856. The van der Waals surface area contributed by atoms with E-state index in [1.165, 1.54) is 0 Å². The van der Waals surface area contributed by atoms with Gasteiger partial charge in [0.1, 0.15) is 5.75 Å². The van der Waals surface area contributed by atoms with Gasteiger partial charge in [0.05, 0.1) is 24.9 Å². The van der Waals surface area contributed by atoms with Crippen molar-refractivity contribution >= 4 is 17.5 Å². The number of nitrogens with zero attached hydrogens (tertiary/aromatic N) is 1. The Kier molecular flexibility index (Phi) is 5.01. The van der Waals surface area contributed by atoms with Crippen LogP contribution in [0.1, 0.15) is 25.5 Å². The Bertz CT molecular complexity index is 628. The summed E-state index contributed by atoms with van der Waals surface area (Å²) in [5.41, 5.74) is 1.66. The van der Waals surface area contributed by atoms with Crippen molar-refractivity contribution in [3.8, 4) is 5.75 Å². The van der Waals surface area contributed by atoms with Crippen LogP contribution in [0.3, 0.4) is 0 Å². The molecule has 0 bridgehead atoms. The molecule has 2 aliphatic rings. The number of fused-ring (bicyclic) bond motifs is 1. The first-order chi connectivity index (χ1) is 11.5. The Balaban J connectivity index is 1.63. The molecular weight excluding hydrogens is 310 g/mol. The van der Waals surface area contributed by atoms with E-state index >= 15 is 0 Å². The molecule has 0 spiro atoms. The highest BCUT2D eigenvalue weighted by Gasteiger charge is 2.24. The second-order valence-electron chi connectivity index (χ2n) is 6.14. The number of nitrogens with one attached hydrogen (secondary N) is 2. The number of morpholine rings is 1. The Hall–Kier alpha value is -2.12. The lowest BCUT2D eigenvalue weighted by molar-refractivity contribution is -0.137. The van der Waals surface area contributed by atoms with E-state index in [9.17, 15) is 9.59 Å². The number of benzene rings is 1. The van der Waals surface area contributed by atoms with Crippen LogP contribution >= 0.6 is 0 Å². The highest BCUT2D eigenvalue weighted by molar-refractivity contribution is 5.95. The van der Waals surface area contributed by atoms with Crippen LogP contribution in [0.25, 0.3) is 0 Å². The molecule has 7 heteroatoms. The SMILES string of the molecule is C[C@H](N[C@@H](C)c1ccc2c(c1)NC(=O)CO2)C(=O)N1CCOCC1. The van der Waals surface area contributed by atoms with Gasteiger partial charge in [-0.25, -0.2) is 0 Å². The van der Waals surface area contributed by atoms with E-state index in [1.54, 1.807) is 0 Å². The Labute approximate surface area is 141 Å². The Morgan fingerprint density at radius 2 is 2.04 bits per heavy atom. The van der Waals surface area contributed by atoms with Crippen molar-refractivity contribution in [1.82, 2.24) is 10.2 Å². The molecule has 130 valence electrons. The van der Waals surface area contributed by atoms with Crippen LogP contribution in [0.15, 0.2) is 18.2 Å². The summed E-state index contributed by atoms with van der Waals surface area (Å²) in [4.78, 5) is 25.7. The van der Waals surface area contributed by atoms with Gasteiger partial charge in [0.2, 0.25) is 5.91 Å². The van der Waals surface area contributed by atoms with Gasteiger partial charge in [-0.05, 0) is 31.5 Å². The maximum Gasteiger partial charge on any atom is 0.262 e. The molecule has 3 rings (SSSR count). The predicted molar refractivity (Wildman–Crippen MR) is 89.0 cm³/mol. The summed E-state index contributed by atoms with van der Waals surface area (Å²) < 4.78 is 10.6. The number of amides is 2. The molecule has 0 saturated carbocycles. The third-order valence-corrected chi connectivity index (χ3v) is 4.33. The second kappa shape index (κ2) is 7.19. The number of carbonyl (C=O) groups excluding carboxylic acids is 2. The highest BCUT2D eigenvalue weighted by Crippen LogP contribution is 2.30. The van der Waals surface area contributed by atoms with Crippen LogP contribution in [-0.4, -0.2) is 55.7 Å². The van der Waals surface area contributed by atoms with Crippen LogP contribution in [0.5, 0.6) is 5.75 Å². The van der Waals surface area contributed by atoms with Gasteiger partial charge in [-0.15, -0.1) is 0 Å². The molecule has 1 saturated heterocycles. The van der Waals surface area contributed by atoms with Crippen molar-refractivity contribution in [1.29, 1.82) is 0 Å². The van der Waals surface area contributed by atoms with E-state index in [0.29, 0.717) is 37.7 Å². The third kappa shape index (κ3) is 3.68. The van der Waals surface area contributed by atoms with Gasteiger partial charge >= 0.3 is 0 Å². The van der Waals surface area contributed by atoms with Crippen molar-refractivity contribution in [3.63, 3.8) is 0 Å². The van der Waals surface area contributed by atoms with Crippen LogP contribution in [-0.2, 0) is 14.3 Å². The molecule has 1 fully saturated rings.